The molecule has 170 valence electrons. The van der Waals surface area contributed by atoms with Gasteiger partial charge in [0.15, 0.2) is 5.82 Å². The Labute approximate surface area is 198 Å². The minimum Gasteiger partial charge on any atom is -0.340 e. The molecule has 1 fully saturated rings. The Morgan fingerprint density at radius 2 is 1.85 bits per heavy atom. The molecule has 1 aromatic heterocycles. The third kappa shape index (κ3) is 5.10. The topological polar surface area (TPSA) is 73.4 Å². The van der Waals surface area contributed by atoms with Crippen LogP contribution >= 0.6 is 11.6 Å². The Morgan fingerprint density at radius 1 is 1.03 bits per heavy atom. The lowest BCUT2D eigenvalue weighted by atomic mass is 9.98. The van der Waals surface area contributed by atoms with Crippen LogP contribution in [0.4, 0.5) is 23.1 Å². The Balaban J connectivity index is 1.44. The second kappa shape index (κ2) is 9.37. The van der Waals surface area contributed by atoms with Crippen LogP contribution in [0.3, 0.4) is 0 Å². The number of rotatable bonds is 2. The number of aryl methyl sites for hydroxylation is 2. The van der Waals surface area contributed by atoms with E-state index in [4.69, 9.17) is 11.6 Å². The fourth-order valence-electron chi connectivity index (χ4n) is 4.42. The average Bonchev–Trinajstić information content (AvgIpc) is 2.82. The molecule has 0 atom stereocenters. The number of anilines is 4. The first-order valence-electron chi connectivity index (χ1n) is 11.3. The maximum absolute atomic E-state index is 11.7. The van der Waals surface area contributed by atoms with Crippen molar-refractivity contribution < 1.29 is 4.79 Å². The van der Waals surface area contributed by atoms with Crippen molar-refractivity contribution >= 4 is 40.6 Å². The van der Waals surface area contributed by atoms with Crippen molar-refractivity contribution in [2.24, 2.45) is 0 Å². The fourth-order valence-corrected chi connectivity index (χ4v) is 4.56. The van der Waals surface area contributed by atoms with Crippen LogP contribution in [-0.2, 0) is 24.2 Å². The lowest BCUT2D eigenvalue weighted by Crippen LogP contribution is -2.47. The van der Waals surface area contributed by atoms with E-state index < -0.39 is 0 Å². The molecule has 0 radical (unpaired) electrons. The van der Waals surface area contributed by atoms with Gasteiger partial charge in [-0.05, 0) is 53.8 Å². The third-order valence-electron chi connectivity index (χ3n) is 6.29. The van der Waals surface area contributed by atoms with Gasteiger partial charge in [0.25, 0.3) is 0 Å². The zero-order valence-electron chi connectivity index (χ0n) is 18.6. The molecule has 0 unspecified atom stereocenters. The number of nitrogens with zero attached hydrogens (tertiary/aromatic N) is 4. The number of amides is 1. The van der Waals surface area contributed by atoms with Gasteiger partial charge in [-0.25, -0.2) is 4.98 Å². The summed E-state index contributed by atoms with van der Waals surface area (Å²) in [7, 11) is 0. The highest BCUT2D eigenvalue weighted by atomic mass is 35.5. The molecule has 2 aliphatic heterocycles. The van der Waals surface area contributed by atoms with Crippen molar-refractivity contribution in [2.75, 3.05) is 36.8 Å². The van der Waals surface area contributed by atoms with Gasteiger partial charge in [-0.1, -0.05) is 29.8 Å². The molecular formula is C25H27ClN6O. The molecule has 33 heavy (non-hydrogen) atoms. The van der Waals surface area contributed by atoms with E-state index in [2.05, 4.69) is 61.9 Å². The minimum absolute atomic E-state index is 0.159. The van der Waals surface area contributed by atoms with E-state index in [0.29, 0.717) is 16.8 Å². The van der Waals surface area contributed by atoms with E-state index in [9.17, 15) is 4.79 Å². The van der Waals surface area contributed by atoms with Crippen LogP contribution in [0.1, 0.15) is 23.6 Å². The molecule has 3 aromatic rings. The van der Waals surface area contributed by atoms with Crippen LogP contribution in [-0.4, -0.2) is 51.9 Å². The normalized spacial score (nSPS) is 16.0. The molecule has 1 amide bonds. The zero-order chi connectivity index (χ0) is 22.8. The highest BCUT2D eigenvalue weighted by Gasteiger charge is 2.20. The summed E-state index contributed by atoms with van der Waals surface area (Å²) in [6.07, 6.45) is 3.47. The summed E-state index contributed by atoms with van der Waals surface area (Å²) < 4.78 is 0. The van der Waals surface area contributed by atoms with E-state index in [1.54, 1.807) is 13.1 Å². The van der Waals surface area contributed by atoms with E-state index in [-0.39, 0.29) is 5.91 Å². The molecule has 2 N–H and O–H groups in total. The highest BCUT2D eigenvalue weighted by Crippen LogP contribution is 2.28. The molecule has 5 rings (SSSR count). The molecule has 8 heteroatoms. The van der Waals surface area contributed by atoms with Crippen molar-refractivity contribution in [1.82, 2.24) is 19.8 Å². The van der Waals surface area contributed by atoms with Crippen molar-refractivity contribution in [3.8, 4) is 0 Å². The van der Waals surface area contributed by atoms with Crippen LogP contribution in [0.15, 0.2) is 48.7 Å². The van der Waals surface area contributed by atoms with Gasteiger partial charge < -0.3 is 15.5 Å². The zero-order valence-corrected chi connectivity index (χ0v) is 19.4. The molecule has 0 aliphatic carbocycles. The van der Waals surface area contributed by atoms with Crippen LogP contribution in [0.2, 0.25) is 5.02 Å². The summed E-state index contributed by atoms with van der Waals surface area (Å²) in [5.74, 6) is 1.23. The molecule has 0 saturated carbocycles. The predicted molar refractivity (Wildman–Crippen MR) is 131 cm³/mol. The molecule has 1 saturated heterocycles. The maximum atomic E-state index is 11.7. The van der Waals surface area contributed by atoms with Gasteiger partial charge >= 0.3 is 0 Å². The van der Waals surface area contributed by atoms with E-state index in [0.717, 1.165) is 56.9 Å². The predicted octanol–water partition coefficient (Wildman–Crippen LogP) is 4.38. The van der Waals surface area contributed by atoms with Crippen LogP contribution < -0.4 is 10.6 Å². The first-order chi connectivity index (χ1) is 16.0. The summed E-state index contributed by atoms with van der Waals surface area (Å²) in [4.78, 5) is 24.9. The monoisotopic (exact) mass is 462 g/mol. The Bertz CT molecular complexity index is 1180. The van der Waals surface area contributed by atoms with Gasteiger partial charge in [0.1, 0.15) is 5.02 Å². The van der Waals surface area contributed by atoms with Crippen LogP contribution in [0, 0.1) is 0 Å². The summed E-state index contributed by atoms with van der Waals surface area (Å²) in [5, 5.41) is 7.11. The highest BCUT2D eigenvalue weighted by molar-refractivity contribution is 6.32. The Kier molecular flexibility index (Phi) is 6.15. The molecule has 0 spiro atoms. The van der Waals surface area contributed by atoms with Crippen molar-refractivity contribution in [3.63, 3.8) is 0 Å². The number of piperazine rings is 1. The lowest BCUT2D eigenvalue weighted by molar-refractivity contribution is -0.130. The second-order valence-corrected chi connectivity index (χ2v) is 9.01. The maximum Gasteiger partial charge on any atom is 0.229 e. The van der Waals surface area contributed by atoms with Gasteiger partial charge in [-0.2, -0.15) is 4.98 Å². The molecule has 2 aliphatic rings. The summed E-state index contributed by atoms with van der Waals surface area (Å²) in [6.45, 7) is 5.89. The average molecular weight is 463 g/mol. The number of halogens is 1. The lowest BCUT2D eigenvalue weighted by Gasteiger charge is -2.34. The summed E-state index contributed by atoms with van der Waals surface area (Å²) >= 11 is 6.38. The van der Waals surface area contributed by atoms with Gasteiger partial charge in [-0.3, -0.25) is 9.69 Å². The smallest absolute Gasteiger partial charge is 0.229 e. The number of nitrogens with one attached hydrogen (secondary N) is 2. The molecule has 6 bridgehead atoms. The molecular weight excluding hydrogens is 436 g/mol. The standard InChI is InChI=1S/C25H27ClN6O/c1-17(33)32-11-9-31(10-12-32)16-20-7-8-22-14-19(20)6-5-18-3-2-4-21(13-18)29-25-27-15-23(26)24(28-22)30-25/h2-4,7-8,13-15H,5-6,9-12,16H2,1H3,(H2,27,28,29,30). The van der Waals surface area contributed by atoms with Crippen molar-refractivity contribution in [1.29, 1.82) is 0 Å². The number of carbonyl (C=O) groups is 1. The molecule has 3 heterocycles. The minimum atomic E-state index is 0.159. The Hall–Kier alpha value is -3.16. The number of hydrogen-bond donors (Lipinski definition) is 2. The number of fused-ring (bicyclic) bond motifs is 6. The summed E-state index contributed by atoms with van der Waals surface area (Å²) in [6, 6.07) is 14.8. The first kappa shape index (κ1) is 21.7. The van der Waals surface area contributed by atoms with Gasteiger partial charge in [0.05, 0.1) is 6.20 Å². The first-order valence-corrected chi connectivity index (χ1v) is 11.7. The SMILES string of the molecule is CC(=O)N1CCN(Cc2ccc3cc2CCc2cccc(c2)Nc2ncc(Cl)c(n2)N3)CC1. The number of benzene rings is 2. The van der Waals surface area contributed by atoms with Gasteiger partial charge in [0.2, 0.25) is 11.9 Å². The number of hydrogen-bond acceptors (Lipinski definition) is 6. The van der Waals surface area contributed by atoms with Crippen LogP contribution in [0.5, 0.6) is 0 Å². The van der Waals surface area contributed by atoms with Crippen molar-refractivity contribution in [2.45, 2.75) is 26.3 Å². The van der Waals surface area contributed by atoms with Gasteiger partial charge in [0, 0.05) is 51.0 Å². The van der Waals surface area contributed by atoms with Crippen molar-refractivity contribution in [3.05, 3.63) is 70.4 Å². The molecule has 2 aromatic carbocycles. The van der Waals surface area contributed by atoms with Crippen LogP contribution in [0.25, 0.3) is 0 Å². The van der Waals surface area contributed by atoms with E-state index >= 15 is 0 Å². The third-order valence-corrected chi connectivity index (χ3v) is 6.57. The fraction of sp³-hybridized carbons (Fsp3) is 0.320. The number of carbonyl (C=O) groups excluding carboxylic acids is 1. The Morgan fingerprint density at radius 3 is 2.67 bits per heavy atom. The second-order valence-electron chi connectivity index (χ2n) is 8.61. The largest absolute Gasteiger partial charge is 0.340 e. The molecule has 7 nitrogen and oxygen atoms in total. The van der Waals surface area contributed by atoms with E-state index in [1.807, 2.05) is 11.0 Å². The van der Waals surface area contributed by atoms with Gasteiger partial charge in [-0.15, -0.1) is 0 Å². The summed E-state index contributed by atoms with van der Waals surface area (Å²) in [5.41, 5.74) is 5.78. The van der Waals surface area contributed by atoms with E-state index in [1.165, 1.54) is 16.7 Å². The quantitative estimate of drug-likeness (QED) is 0.588. The number of aromatic nitrogens is 2.